The standard InChI is InChI=1S/C45H85NO3/c1-3-5-7-9-11-13-15-17-18-19-20-21-22-23-24-25-26-27-28-29-30-32-34-36-38-40-44(48)43(42-47)46-45(49)41-39-37-35-33-31-16-14-12-10-8-6-4-2/h12,14,30,32,38,40,43-44,47-48H,3-11,13,15-29,31,33-37,39,41-42H2,1-2H3,(H,46,49)/b14-12-,32-30+,40-38+. The number of hydrogen-bond donors (Lipinski definition) is 3. The molecular formula is C45H85NO3. The van der Waals surface area contributed by atoms with E-state index >= 15 is 0 Å². The fourth-order valence-corrected chi connectivity index (χ4v) is 6.48. The van der Waals surface area contributed by atoms with Gasteiger partial charge in [0.05, 0.1) is 18.8 Å². The van der Waals surface area contributed by atoms with E-state index in [1.54, 1.807) is 6.08 Å². The van der Waals surface area contributed by atoms with E-state index in [2.05, 4.69) is 43.5 Å². The molecule has 0 aliphatic rings. The Morgan fingerprint density at radius 3 is 1.22 bits per heavy atom. The van der Waals surface area contributed by atoms with Crippen molar-refractivity contribution in [2.45, 2.75) is 238 Å². The number of aliphatic hydroxyl groups is 2. The molecule has 1 amide bonds. The summed E-state index contributed by atoms with van der Waals surface area (Å²) in [4.78, 5) is 12.3. The van der Waals surface area contributed by atoms with Crippen molar-refractivity contribution in [2.75, 3.05) is 6.61 Å². The maximum absolute atomic E-state index is 12.3. The number of rotatable bonds is 39. The van der Waals surface area contributed by atoms with Crippen LogP contribution in [0.2, 0.25) is 0 Å². The van der Waals surface area contributed by atoms with Crippen LogP contribution in [0.3, 0.4) is 0 Å². The molecule has 0 bridgehead atoms. The van der Waals surface area contributed by atoms with Crippen molar-refractivity contribution in [2.24, 2.45) is 0 Å². The van der Waals surface area contributed by atoms with Gasteiger partial charge in [0, 0.05) is 6.42 Å². The Kier molecular flexibility index (Phi) is 39.9. The van der Waals surface area contributed by atoms with Crippen LogP contribution in [0.5, 0.6) is 0 Å². The van der Waals surface area contributed by atoms with Crippen molar-refractivity contribution in [3.63, 3.8) is 0 Å². The lowest BCUT2D eigenvalue weighted by atomic mass is 10.0. The summed E-state index contributed by atoms with van der Waals surface area (Å²) >= 11 is 0. The Labute approximate surface area is 306 Å². The first kappa shape index (κ1) is 47.6. The van der Waals surface area contributed by atoms with E-state index in [9.17, 15) is 15.0 Å². The van der Waals surface area contributed by atoms with Gasteiger partial charge in [0.25, 0.3) is 0 Å². The quantitative estimate of drug-likeness (QED) is 0.0445. The molecule has 0 aromatic carbocycles. The van der Waals surface area contributed by atoms with Gasteiger partial charge in [-0.2, -0.15) is 0 Å². The van der Waals surface area contributed by atoms with E-state index in [1.807, 2.05) is 6.08 Å². The molecule has 0 radical (unpaired) electrons. The summed E-state index contributed by atoms with van der Waals surface area (Å²) in [5.74, 6) is -0.0840. The third-order valence-electron chi connectivity index (χ3n) is 9.85. The monoisotopic (exact) mass is 688 g/mol. The van der Waals surface area contributed by atoms with Gasteiger partial charge in [0.2, 0.25) is 5.91 Å². The van der Waals surface area contributed by atoms with Crippen LogP contribution in [0, 0.1) is 0 Å². The van der Waals surface area contributed by atoms with Crippen LogP contribution in [-0.4, -0.2) is 34.9 Å². The summed E-state index contributed by atoms with van der Waals surface area (Å²) in [6.45, 7) is 4.27. The molecular weight excluding hydrogens is 602 g/mol. The lowest BCUT2D eigenvalue weighted by Crippen LogP contribution is -2.45. The minimum atomic E-state index is -0.863. The molecule has 0 aliphatic carbocycles. The summed E-state index contributed by atoms with van der Waals surface area (Å²) in [7, 11) is 0. The van der Waals surface area contributed by atoms with Gasteiger partial charge in [-0.05, 0) is 57.8 Å². The zero-order chi connectivity index (χ0) is 35.7. The predicted octanol–water partition coefficient (Wildman–Crippen LogP) is 13.4. The van der Waals surface area contributed by atoms with Crippen LogP contribution in [0.25, 0.3) is 0 Å². The van der Waals surface area contributed by atoms with Gasteiger partial charge in [0.1, 0.15) is 0 Å². The highest BCUT2D eigenvalue weighted by Crippen LogP contribution is 2.15. The van der Waals surface area contributed by atoms with Crippen molar-refractivity contribution in [1.82, 2.24) is 5.32 Å². The first-order chi connectivity index (χ1) is 24.2. The van der Waals surface area contributed by atoms with Gasteiger partial charge in [0.15, 0.2) is 0 Å². The summed E-state index contributed by atoms with van der Waals surface area (Å²) in [5.41, 5.74) is 0. The molecule has 2 unspecified atom stereocenters. The van der Waals surface area contributed by atoms with E-state index in [4.69, 9.17) is 0 Å². The molecule has 288 valence electrons. The third kappa shape index (κ3) is 37.7. The molecule has 0 fully saturated rings. The normalized spacial score (nSPS) is 13.3. The lowest BCUT2D eigenvalue weighted by Gasteiger charge is -2.19. The Hall–Kier alpha value is -1.39. The molecule has 2 atom stereocenters. The van der Waals surface area contributed by atoms with Gasteiger partial charge >= 0.3 is 0 Å². The fraction of sp³-hybridized carbons (Fsp3) is 0.844. The second kappa shape index (κ2) is 41.0. The topological polar surface area (TPSA) is 69.6 Å². The number of hydrogen-bond acceptors (Lipinski definition) is 3. The van der Waals surface area contributed by atoms with Gasteiger partial charge < -0.3 is 15.5 Å². The maximum atomic E-state index is 12.3. The summed E-state index contributed by atoms with van der Waals surface area (Å²) in [6.07, 6.45) is 54.1. The van der Waals surface area contributed by atoms with Crippen LogP contribution in [0.1, 0.15) is 226 Å². The van der Waals surface area contributed by atoms with Crippen LogP contribution in [0.4, 0.5) is 0 Å². The second-order valence-corrected chi connectivity index (χ2v) is 14.8. The summed E-state index contributed by atoms with van der Waals surface area (Å²) in [6, 6.07) is -0.641. The number of amides is 1. The average molecular weight is 688 g/mol. The largest absolute Gasteiger partial charge is 0.394 e. The van der Waals surface area contributed by atoms with Crippen molar-refractivity contribution in [3.8, 4) is 0 Å². The van der Waals surface area contributed by atoms with Gasteiger partial charge in [-0.15, -0.1) is 0 Å². The van der Waals surface area contributed by atoms with Crippen molar-refractivity contribution in [3.05, 3.63) is 36.5 Å². The SMILES string of the molecule is CCCCC/C=C\CCCCCCCC(=O)NC(CO)C(O)/C=C/CC/C=C/CCCCCCCCCCCCCCCCCCCCC. The Balaban J connectivity index is 3.57. The number of allylic oxidation sites excluding steroid dienone is 5. The highest BCUT2D eigenvalue weighted by atomic mass is 16.3. The smallest absolute Gasteiger partial charge is 0.220 e. The maximum Gasteiger partial charge on any atom is 0.220 e. The molecule has 0 aromatic heterocycles. The van der Waals surface area contributed by atoms with E-state index < -0.39 is 12.1 Å². The number of carbonyl (C=O) groups is 1. The molecule has 0 spiro atoms. The van der Waals surface area contributed by atoms with Crippen LogP contribution in [-0.2, 0) is 4.79 Å². The molecule has 0 aromatic rings. The Bertz CT molecular complexity index is 746. The van der Waals surface area contributed by atoms with E-state index in [1.165, 1.54) is 161 Å². The first-order valence-electron chi connectivity index (χ1n) is 21.7. The minimum Gasteiger partial charge on any atom is -0.394 e. The summed E-state index contributed by atoms with van der Waals surface area (Å²) < 4.78 is 0. The highest BCUT2D eigenvalue weighted by molar-refractivity contribution is 5.76. The second-order valence-electron chi connectivity index (χ2n) is 14.8. The molecule has 0 aliphatic heterocycles. The Morgan fingerprint density at radius 1 is 0.469 bits per heavy atom. The molecule has 49 heavy (non-hydrogen) atoms. The third-order valence-corrected chi connectivity index (χ3v) is 9.85. The molecule has 3 N–H and O–H groups in total. The lowest BCUT2D eigenvalue weighted by molar-refractivity contribution is -0.123. The van der Waals surface area contributed by atoms with Crippen LogP contribution >= 0.6 is 0 Å². The highest BCUT2D eigenvalue weighted by Gasteiger charge is 2.17. The van der Waals surface area contributed by atoms with Crippen molar-refractivity contribution >= 4 is 5.91 Å². The number of carbonyl (C=O) groups excluding carboxylic acids is 1. The van der Waals surface area contributed by atoms with E-state index in [-0.39, 0.29) is 12.5 Å². The molecule has 4 nitrogen and oxygen atoms in total. The van der Waals surface area contributed by atoms with Crippen LogP contribution in [0.15, 0.2) is 36.5 Å². The first-order valence-corrected chi connectivity index (χ1v) is 21.7. The molecule has 0 heterocycles. The van der Waals surface area contributed by atoms with Crippen LogP contribution < -0.4 is 5.32 Å². The van der Waals surface area contributed by atoms with E-state index in [0.717, 1.165) is 44.9 Å². The summed E-state index contributed by atoms with van der Waals surface area (Å²) in [5, 5.41) is 22.9. The van der Waals surface area contributed by atoms with Crippen molar-refractivity contribution < 1.29 is 15.0 Å². The number of nitrogens with one attached hydrogen (secondary N) is 1. The van der Waals surface area contributed by atoms with Crippen molar-refractivity contribution in [1.29, 1.82) is 0 Å². The number of unbranched alkanes of at least 4 members (excludes halogenated alkanes) is 28. The van der Waals surface area contributed by atoms with Gasteiger partial charge in [-0.3, -0.25) is 4.79 Å². The van der Waals surface area contributed by atoms with Gasteiger partial charge in [-0.1, -0.05) is 198 Å². The fourth-order valence-electron chi connectivity index (χ4n) is 6.48. The average Bonchev–Trinajstić information content (AvgIpc) is 3.10. The molecule has 0 rings (SSSR count). The molecule has 0 saturated heterocycles. The Morgan fingerprint density at radius 2 is 0.796 bits per heavy atom. The minimum absolute atomic E-state index is 0.0840. The molecule has 4 heteroatoms. The van der Waals surface area contributed by atoms with Gasteiger partial charge in [-0.25, -0.2) is 0 Å². The number of aliphatic hydroxyl groups excluding tert-OH is 2. The predicted molar refractivity (Wildman–Crippen MR) is 216 cm³/mol. The zero-order valence-electron chi connectivity index (χ0n) is 33.0. The molecule has 0 saturated carbocycles. The zero-order valence-corrected chi connectivity index (χ0v) is 33.0. The van der Waals surface area contributed by atoms with E-state index in [0.29, 0.717) is 6.42 Å².